The van der Waals surface area contributed by atoms with E-state index in [9.17, 15) is 13.2 Å². The molecule has 2 aliphatic rings. The van der Waals surface area contributed by atoms with Crippen molar-refractivity contribution < 1.29 is 22.7 Å². The first-order chi connectivity index (χ1) is 13.6. The van der Waals surface area contributed by atoms with Gasteiger partial charge in [-0.15, -0.1) is 0 Å². The minimum Gasteiger partial charge on any atom is -0.459 e. The molecule has 29 heavy (non-hydrogen) atoms. The second-order valence-corrected chi connectivity index (χ2v) is 11.1. The molecule has 0 aromatic carbocycles. The lowest BCUT2D eigenvalue weighted by molar-refractivity contribution is -0.161. The van der Waals surface area contributed by atoms with Crippen LogP contribution in [0.1, 0.15) is 58.1 Å². The molecule has 7 nitrogen and oxygen atoms in total. The van der Waals surface area contributed by atoms with Crippen LogP contribution in [0.4, 0.5) is 0 Å². The van der Waals surface area contributed by atoms with Crippen molar-refractivity contribution in [2.24, 2.45) is 0 Å². The molecule has 0 atom stereocenters. The first-order valence-corrected chi connectivity index (χ1v) is 11.5. The third-order valence-corrected chi connectivity index (χ3v) is 8.19. The van der Waals surface area contributed by atoms with E-state index < -0.39 is 26.3 Å². The van der Waals surface area contributed by atoms with Crippen LogP contribution in [0.2, 0.25) is 0 Å². The molecule has 0 saturated carbocycles. The zero-order chi connectivity index (χ0) is 21.3. The number of sulfonamides is 1. The maximum atomic E-state index is 13.6. The van der Waals surface area contributed by atoms with Gasteiger partial charge < -0.3 is 9.47 Å². The minimum atomic E-state index is -3.89. The molecule has 2 aliphatic heterocycles. The highest BCUT2D eigenvalue weighted by Gasteiger charge is 2.56. The van der Waals surface area contributed by atoms with Crippen LogP contribution in [0.5, 0.6) is 0 Å². The second kappa shape index (κ2) is 8.36. The fourth-order valence-corrected chi connectivity index (χ4v) is 6.06. The van der Waals surface area contributed by atoms with Gasteiger partial charge in [-0.3, -0.25) is 9.78 Å². The van der Waals surface area contributed by atoms with E-state index in [0.717, 1.165) is 5.69 Å². The molecule has 0 amide bonds. The van der Waals surface area contributed by atoms with E-state index >= 15 is 0 Å². The Balaban J connectivity index is 1.78. The van der Waals surface area contributed by atoms with Gasteiger partial charge in [0.05, 0.1) is 0 Å². The third-order valence-electron chi connectivity index (χ3n) is 5.59. The average molecular weight is 420 g/mol. The summed E-state index contributed by atoms with van der Waals surface area (Å²) in [6, 6.07) is 3.70. The van der Waals surface area contributed by atoms with Gasteiger partial charge in [0, 0.05) is 57.0 Å². The minimum absolute atomic E-state index is 0.115. The summed E-state index contributed by atoms with van der Waals surface area (Å²) in [7, 11) is 1.81. The molecule has 9 heteroatoms. The van der Waals surface area contributed by atoms with Gasteiger partial charge in [-0.2, -0.15) is 0 Å². The number of ether oxygens (including phenoxy) is 2. The van der Waals surface area contributed by atoms with E-state index in [-0.39, 0.29) is 32.0 Å². The summed E-state index contributed by atoms with van der Waals surface area (Å²) in [6.07, 6.45) is 3.15. The van der Waals surface area contributed by atoms with Crippen LogP contribution in [0, 0.1) is 0 Å². The molecule has 0 aliphatic carbocycles. The SMILES string of the molecule is [B]c1ccc(C2CCN(S(=O)(=O)C3(C(=O)OC(C)(C)C)CCOCC3)CC2)nc1. The maximum absolute atomic E-state index is 13.6. The molecule has 3 rings (SSSR count). The molecule has 0 spiro atoms. The lowest BCUT2D eigenvalue weighted by Gasteiger charge is -2.41. The normalized spacial score (nSPS) is 21.6. The average Bonchev–Trinajstić information content (AvgIpc) is 2.68. The Labute approximate surface area is 174 Å². The lowest BCUT2D eigenvalue weighted by Crippen LogP contribution is -2.58. The number of aromatic nitrogens is 1. The van der Waals surface area contributed by atoms with E-state index in [4.69, 9.17) is 17.3 Å². The number of esters is 1. The highest BCUT2D eigenvalue weighted by molar-refractivity contribution is 7.91. The zero-order valence-electron chi connectivity index (χ0n) is 17.4. The van der Waals surface area contributed by atoms with E-state index in [1.54, 1.807) is 27.0 Å². The van der Waals surface area contributed by atoms with Crippen molar-refractivity contribution in [1.29, 1.82) is 0 Å². The Morgan fingerprint density at radius 3 is 2.38 bits per heavy atom. The molecule has 2 radical (unpaired) electrons. The number of pyridine rings is 1. The van der Waals surface area contributed by atoms with E-state index in [1.807, 2.05) is 12.1 Å². The van der Waals surface area contributed by atoms with Gasteiger partial charge in [-0.25, -0.2) is 12.7 Å². The van der Waals surface area contributed by atoms with Crippen molar-refractivity contribution in [1.82, 2.24) is 9.29 Å². The summed E-state index contributed by atoms with van der Waals surface area (Å²) in [4.78, 5) is 17.4. The molecule has 1 aromatic heterocycles. The van der Waals surface area contributed by atoms with Crippen LogP contribution in [0.3, 0.4) is 0 Å². The van der Waals surface area contributed by atoms with Crippen LogP contribution >= 0.6 is 0 Å². The highest BCUT2D eigenvalue weighted by atomic mass is 32.2. The molecule has 158 valence electrons. The summed E-state index contributed by atoms with van der Waals surface area (Å²) in [5, 5.41) is 0. The summed E-state index contributed by atoms with van der Waals surface area (Å²) in [5.74, 6) is -0.496. The quantitative estimate of drug-likeness (QED) is 0.539. The van der Waals surface area contributed by atoms with Crippen LogP contribution in [0.25, 0.3) is 0 Å². The Morgan fingerprint density at radius 2 is 1.86 bits per heavy atom. The summed E-state index contributed by atoms with van der Waals surface area (Å²) < 4.78 is 38.0. The van der Waals surface area contributed by atoms with Gasteiger partial charge in [0.1, 0.15) is 13.4 Å². The predicted octanol–water partition coefficient (Wildman–Crippen LogP) is 1.28. The number of nitrogens with zero attached hydrogens (tertiary/aromatic N) is 2. The van der Waals surface area contributed by atoms with Crippen molar-refractivity contribution in [3.05, 3.63) is 24.0 Å². The van der Waals surface area contributed by atoms with Crippen LogP contribution < -0.4 is 5.46 Å². The number of carbonyl (C=O) groups excluding carboxylic acids is 1. The van der Waals surface area contributed by atoms with Crippen LogP contribution in [0.15, 0.2) is 18.3 Å². The topological polar surface area (TPSA) is 85.8 Å². The standard InChI is InChI=1S/C20H29BN2O5S/c1-19(2,3)28-18(24)20(8-12-27-13-9-20)29(25,26)23-10-6-15(7-11-23)17-5-4-16(21)14-22-17/h4-5,14-15H,6-13H2,1-3H3. The van der Waals surface area contributed by atoms with E-state index in [1.165, 1.54) is 4.31 Å². The fourth-order valence-electron chi connectivity index (χ4n) is 3.94. The number of piperidine rings is 1. The number of hydrogen-bond acceptors (Lipinski definition) is 6. The van der Waals surface area contributed by atoms with Gasteiger partial charge in [-0.1, -0.05) is 11.5 Å². The van der Waals surface area contributed by atoms with Gasteiger partial charge in [-0.05, 0) is 39.7 Å². The molecule has 2 fully saturated rings. The summed E-state index contributed by atoms with van der Waals surface area (Å²) in [5.41, 5.74) is 0.767. The third kappa shape index (κ3) is 4.67. The Kier molecular flexibility index (Phi) is 6.41. The summed E-state index contributed by atoms with van der Waals surface area (Å²) in [6.45, 7) is 6.39. The molecular formula is C20H29BN2O5S. The van der Waals surface area contributed by atoms with Crippen LogP contribution in [-0.4, -0.2) is 68.2 Å². The van der Waals surface area contributed by atoms with Crippen molar-refractivity contribution >= 4 is 29.3 Å². The van der Waals surface area contributed by atoms with Crippen molar-refractivity contribution in [2.45, 2.75) is 62.7 Å². The second-order valence-electron chi connectivity index (χ2n) is 8.80. The molecule has 0 bridgehead atoms. The lowest BCUT2D eigenvalue weighted by atomic mass is 9.92. The zero-order valence-corrected chi connectivity index (χ0v) is 18.2. The number of rotatable bonds is 4. The molecule has 0 N–H and O–H groups in total. The summed E-state index contributed by atoms with van der Waals surface area (Å²) >= 11 is 0. The molecular weight excluding hydrogens is 391 g/mol. The van der Waals surface area contributed by atoms with Gasteiger partial charge >= 0.3 is 5.97 Å². The Hall–Kier alpha value is -1.45. The maximum Gasteiger partial charge on any atom is 0.329 e. The molecule has 3 heterocycles. The molecule has 0 unspecified atom stereocenters. The highest BCUT2D eigenvalue weighted by Crippen LogP contribution is 2.38. The number of hydrogen-bond donors (Lipinski definition) is 0. The largest absolute Gasteiger partial charge is 0.459 e. The van der Waals surface area contributed by atoms with Crippen molar-refractivity contribution in [2.75, 3.05) is 26.3 Å². The molecule has 1 aromatic rings. The van der Waals surface area contributed by atoms with Gasteiger partial charge in [0.2, 0.25) is 10.0 Å². The monoisotopic (exact) mass is 420 g/mol. The van der Waals surface area contributed by atoms with Crippen molar-refractivity contribution in [3.63, 3.8) is 0 Å². The number of carbonyl (C=O) groups is 1. The first-order valence-electron chi connectivity index (χ1n) is 10.1. The fraction of sp³-hybridized carbons (Fsp3) is 0.700. The smallest absolute Gasteiger partial charge is 0.329 e. The van der Waals surface area contributed by atoms with Crippen LogP contribution in [-0.2, 0) is 24.3 Å². The first kappa shape index (κ1) is 22.2. The molecule has 2 saturated heterocycles. The van der Waals surface area contributed by atoms with Crippen molar-refractivity contribution in [3.8, 4) is 0 Å². The van der Waals surface area contributed by atoms with Gasteiger partial charge in [0.25, 0.3) is 0 Å². The predicted molar refractivity (Wildman–Crippen MR) is 111 cm³/mol. The Morgan fingerprint density at radius 1 is 1.24 bits per heavy atom. The van der Waals surface area contributed by atoms with E-state index in [0.29, 0.717) is 31.4 Å². The van der Waals surface area contributed by atoms with E-state index in [2.05, 4.69) is 4.98 Å². The van der Waals surface area contributed by atoms with Gasteiger partial charge in [0.15, 0.2) is 4.75 Å². The Bertz CT molecular complexity index is 821.